The first kappa shape index (κ1) is 14.3. The van der Waals surface area contributed by atoms with E-state index in [0.717, 1.165) is 5.69 Å². The van der Waals surface area contributed by atoms with Crippen LogP contribution in [0.2, 0.25) is 5.02 Å². The van der Waals surface area contributed by atoms with E-state index >= 15 is 0 Å². The van der Waals surface area contributed by atoms with Crippen molar-refractivity contribution in [1.29, 1.82) is 0 Å². The van der Waals surface area contributed by atoms with E-state index in [9.17, 15) is 4.79 Å². The quantitative estimate of drug-likeness (QED) is 0.937. The van der Waals surface area contributed by atoms with Crippen molar-refractivity contribution in [3.8, 4) is 0 Å². The molecule has 0 atom stereocenters. The lowest BCUT2D eigenvalue weighted by Crippen LogP contribution is -2.24. The molecule has 0 spiro atoms. The van der Waals surface area contributed by atoms with Gasteiger partial charge in [-0.2, -0.15) is 0 Å². The highest BCUT2D eigenvalue weighted by Crippen LogP contribution is 2.09. The zero-order valence-electron chi connectivity index (χ0n) is 11.3. The highest BCUT2D eigenvalue weighted by atomic mass is 35.5. The van der Waals surface area contributed by atoms with Gasteiger partial charge in [-0.3, -0.25) is 4.79 Å². The number of amides is 1. The van der Waals surface area contributed by atoms with Gasteiger partial charge in [-0.15, -0.1) is 0 Å². The Morgan fingerprint density at radius 2 is 1.95 bits per heavy atom. The molecule has 1 aromatic carbocycles. The monoisotopic (exact) mass is 290 g/mol. The molecule has 0 aliphatic rings. The lowest BCUT2D eigenvalue weighted by Gasteiger charge is -2.11. The summed E-state index contributed by atoms with van der Waals surface area (Å²) in [7, 11) is 3.73. The van der Waals surface area contributed by atoms with Crippen LogP contribution in [0.5, 0.6) is 0 Å². The Hall–Kier alpha value is -2.14. The Kier molecular flexibility index (Phi) is 4.53. The van der Waals surface area contributed by atoms with Crippen LogP contribution in [0.25, 0.3) is 0 Å². The maximum atomic E-state index is 11.9. The van der Waals surface area contributed by atoms with Gasteiger partial charge in [0.1, 0.15) is 0 Å². The van der Waals surface area contributed by atoms with Gasteiger partial charge >= 0.3 is 0 Å². The summed E-state index contributed by atoms with van der Waals surface area (Å²) in [5.74, 6) is 0.454. The van der Waals surface area contributed by atoms with E-state index in [-0.39, 0.29) is 5.91 Å². The van der Waals surface area contributed by atoms with Crippen LogP contribution >= 0.6 is 11.6 Å². The van der Waals surface area contributed by atoms with Gasteiger partial charge in [-0.05, 0) is 30.3 Å². The summed E-state index contributed by atoms with van der Waals surface area (Å²) in [6, 6.07) is 8.51. The van der Waals surface area contributed by atoms with Crippen LogP contribution < -0.4 is 10.2 Å². The number of rotatable bonds is 4. The van der Waals surface area contributed by atoms with Crippen LogP contribution in [0.15, 0.2) is 36.5 Å². The molecule has 0 bridgehead atoms. The average Bonchev–Trinajstić information content (AvgIpc) is 2.46. The number of hydrogen-bond donors (Lipinski definition) is 1. The molecule has 1 N–H and O–H groups in total. The van der Waals surface area contributed by atoms with E-state index in [1.165, 1.54) is 0 Å². The molecule has 6 heteroatoms. The van der Waals surface area contributed by atoms with Crippen molar-refractivity contribution in [3.63, 3.8) is 0 Å². The number of halogens is 1. The molecule has 0 aliphatic carbocycles. The lowest BCUT2D eigenvalue weighted by atomic mass is 10.2. The van der Waals surface area contributed by atoms with Crippen molar-refractivity contribution in [2.75, 3.05) is 19.0 Å². The smallest absolute Gasteiger partial charge is 0.251 e. The zero-order valence-corrected chi connectivity index (χ0v) is 12.1. The van der Waals surface area contributed by atoms with Gasteiger partial charge in [-0.25, -0.2) is 9.97 Å². The van der Waals surface area contributed by atoms with Crippen LogP contribution in [0.3, 0.4) is 0 Å². The highest BCUT2D eigenvalue weighted by molar-refractivity contribution is 6.30. The van der Waals surface area contributed by atoms with E-state index < -0.39 is 0 Å². The van der Waals surface area contributed by atoms with Gasteiger partial charge in [0.25, 0.3) is 5.91 Å². The third kappa shape index (κ3) is 3.68. The van der Waals surface area contributed by atoms with Crippen LogP contribution in [-0.2, 0) is 6.54 Å². The molecule has 1 amide bonds. The van der Waals surface area contributed by atoms with Gasteiger partial charge in [0.05, 0.1) is 12.2 Å². The first-order valence-corrected chi connectivity index (χ1v) is 6.47. The summed E-state index contributed by atoms with van der Waals surface area (Å²) in [6.07, 6.45) is 1.67. The number of nitrogens with zero attached hydrogens (tertiary/aromatic N) is 3. The van der Waals surface area contributed by atoms with E-state index in [0.29, 0.717) is 23.1 Å². The first-order chi connectivity index (χ1) is 9.56. The number of carbonyl (C=O) groups excluding carboxylic acids is 1. The second-order valence-corrected chi connectivity index (χ2v) is 4.87. The third-order valence-corrected chi connectivity index (χ3v) is 2.89. The molecule has 2 rings (SSSR count). The molecule has 0 aliphatic heterocycles. The van der Waals surface area contributed by atoms with Crippen molar-refractivity contribution >= 4 is 23.5 Å². The molecule has 0 fully saturated rings. The van der Waals surface area contributed by atoms with Crippen LogP contribution in [-0.4, -0.2) is 30.0 Å². The van der Waals surface area contributed by atoms with Crippen molar-refractivity contribution in [3.05, 3.63) is 52.8 Å². The van der Waals surface area contributed by atoms with E-state index in [1.807, 2.05) is 19.0 Å². The predicted molar refractivity (Wildman–Crippen MR) is 79.0 cm³/mol. The molecule has 0 saturated carbocycles. The minimum Gasteiger partial charge on any atom is -0.347 e. The molecule has 104 valence electrons. The molecule has 5 nitrogen and oxygen atoms in total. The highest BCUT2D eigenvalue weighted by Gasteiger charge is 2.06. The second-order valence-electron chi connectivity index (χ2n) is 4.43. The van der Waals surface area contributed by atoms with Gasteiger partial charge in [-0.1, -0.05) is 11.6 Å². The minimum atomic E-state index is -0.160. The fraction of sp³-hybridized carbons (Fsp3) is 0.214. The van der Waals surface area contributed by atoms with Crippen molar-refractivity contribution in [1.82, 2.24) is 15.3 Å². The normalized spacial score (nSPS) is 10.2. The van der Waals surface area contributed by atoms with Crippen LogP contribution in [0, 0.1) is 0 Å². The van der Waals surface area contributed by atoms with Crippen molar-refractivity contribution in [2.24, 2.45) is 0 Å². The maximum Gasteiger partial charge on any atom is 0.251 e. The van der Waals surface area contributed by atoms with E-state index in [4.69, 9.17) is 11.6 Å². The van der Waals surface area contributed by atoms with Crippen molar-refractivity contribution < 1.29 is 4.79 Å². The third-order valence-electron chi connectivity index (χ3n) is 2.64. The van der Waals surface area contributed by atoms with Gasteiger partial charge in [0.2, 0.25) is 5.95 Å². The molecule has 0 radical (unpaired) electrons. The van der Waals surface area contributed by atoms with Crippen LogP contribution in [0.4, 0.5) is 5.95 Å². The Bertz CT molecular complexity index is 598. The van der Waals surface area contributed by atoms with Gasteiger partial charge in [0.15, 0.2) is 0 Å². The SMILES string of the molecule is CN(C)c1nccc(CNC(=O)c2ccc(Cl)cc2)n1. The van der Waals surface area contributed by atoms with E-state index in [1.54, 1.807) is 36.5 Å². The zero-order chi connectivity index (χ0) is 14.5. The molecule has 0 saturated heterocycles. The largest absolute Gasteiger partial charge is 0.347 e. The Morgan fingerprint density at radius 3 is 2.60 bits per heavy atom. The molecule has 1 aromatic heterocycles. The summed E-state index contributed by atoms with van der Waals surface area (Å²) >= 11 is 5.78. The standard InChI is InChI=1S/C14H15ClN4O/c1-19(2)14-16-8-7-12(18-14)9-17-13(20)10-3-5-11(15)6-4-10/h3-8H,9H2,1-2H3,(H,17,20). The van der Waals surface area contributed by atoms with Crippen molar-refractivity contribution in [2.45, 2.75) is 6.54 Å². The number of hydrogen-bond acceptors (Lipinski definition) is 4. The minimum absolute atomic E-state index is 0.160. The Morgan fingerprint density at radius 1 is 1.25 bits per heavy atom. The molecule has 20 heavy (non-hydrogen) atoms. The molecular weight excluding hydrogens is 276 g/mol. The molecule has 0 unspecified atom stereocenters. The first-order valence-electron chi connectivity index (χ1n) is 6.09. The topological polar surface area (TPSA) is 58.1 Å². The number of anilines is 1. The molecule has 1 heterocycles. The van der Waals surface area contributed by atoms with Gasteiger partial charge < -0.3 is 10.2 Å². The number of carbonyl (C=O) groups is 1. The predicted octanol–water partition coefficient (Wildman–Crippen LogP) is 2.13. The van der Waals surface area contributed by atoms with Crippen LogP contribution in [0.1, 0.15) is 16.1 Å². The van der Waals surface area contributed by atoms with E-state index in [2.05, 4.69) is 15.3 Å². The average molecular weight is 291 g/mol. The lowest BCUT2D eigenvalue weighted by molar-refractivity contribution is 0.0950. The summed E-state index contributed by atoms with van der Waals surface area (Å²) in [6.45, 7) is 0.352. The number of aromatic nitrogens is 2. The summed E-state index contributed by atoms with van der Waals surface area (Å²) in [5, 5.41) is 3.41. The number of benzene rings is 1. The molecular formula is C14H15ClN4O. The fourth-order valence-corrected chi connectivity index (χ4v) is 1.70. The summed E-state index contributed by atoms with van der Waals surface area (Å²) in [5.41, 5.74) is 1.32. The maximum absolute atomic E-state index is 11.9. The van der Waals surface area contributed by atoms with Gasteiger partial charge in [0, 0.05) is 30.9 Å². The fourth-order valence-electron chi connectivity index (χ4n) is 1.57. The summed E-state index contributed by atoms with van der Waals surface area (Å²) < 4.78 is 0. The number of nitrogens with one attached hydrogen (secondary N) is 1. The second kappa shape index (κ2) is 6.34. The Labute approximate surface area is 122 Å². The molecule has 2 aromatic rings. The summed E-state index contributed by atoms with van der Waals surface area (Å²) in [4.78, 5) is 22.2. The Balaban J connectivity index is 1.99.